The largest absolute Gasteiger partial charge is 0.368 e. The average Bonchev–Trinajstić information content (AvgIpc) is 2.47. The number of ketones is 1. The lowest BCUT2D eigenvalue weighted by Gasteiger charge is -2.35. The van der Waals surface area contributed by atoms with E-state index < -0.39 is 10.0 Å². The monoisotopic (exact) mass is 308 g/mol. The number of rotatable bonds is 2. The van der Waals surface area contributed by atoms with Crippen LogP contribution >= 0.6 is 0 Å². The Kier molecular flexibility index (Phi) is 3.75. The van der Waals surface area contributed by atoms with E-state index in [1.165, 1.54) is 19.4 Å². The average molecular weight is 308 g/mol. The summed E-state index contributed by atoms with van der Waals surface area (Å²) >= 11 is 0. The van der Waals surface area contributed by atoms with Crippen LogP contribution < -0.4 is 10.0 Å². The van der Waals surface area contributed by atoms with Gasteiger partial charge in [0.2, 0.25) is 10.0 Å². The third-order valence-electron chi connectivity index (χ3n) is 4.39. The first-order valence-corrected chi connectivity index (χ1v) is 8.89. The number of anilines is 1. The molecule has 21 heavy (non-hydrogen) atoms. The van der Waals surface area contributed by atoms with Gasteiger partial charge in [0.25, 0.3) is 0 Å². The molecule has 1 unspecified atom stereocenters. The molecule has 0 saturated heterocycles. The number of Topliss-reactive ketones (excluding diaryl/α,β-unsaturated/α-hetero) is 1. The molecule has 1 atom stereocenters. The minimum Gasteiger partial charge on any atom is -0.368 e. The van der Waals surface area contributed by atoms with Crippen LogP contribution in [0, 0.1) is 5.92 Å². The number of carbonyl (C=O) groups is 1. The van der Waals surface area contributed by atoms with Gasteiger partial charge < -0.3 is 5.32 Å². The lowest BCUT2D eigenvalue weighted by Crippen LogP contribution is -2.49. The fraction of sp³-hybridized carbons (Fsp3) is 0.533. The summed E-state index contributed by atoms with van der Waals surface area (Å²) in [5, 5.41) is 3.29. The number of carbonyl (C=O) groups excluding carboxylic acids is 1. The summed E-state index contributed by atoms with van der Waals surface area (Å²) in [5.74, 6) is 0.191. The van der Waals surface area contributed by atoms with Crippen molar-refractivity contribution in [1.29, 1.82) is 0 Å². The Balaban J connectivity index is 1.93. The molecule has 1 aliphatic carbocycles. The molecule has 1 aliphatic heterocycles. The van der Waals surface area contributed by atoms with Crippen LogP contribution in [0.15, 0.2) is 23.1 Å². The van der Waals surface area contributed by atoms with Gasteiger partial charge in [0.15, 0.2) is 5.78 Å². The predicted octanol–water partition coefficient (Wildman–Crippen LogP) is 2.50. The van der Waals surface area contributed by atoms with Gasteiger partial charge in [-0.1, -0.05) is 19.3 Å². The maximum atomic E-state index is 12.4. The Morgan fingerprint density at radius 3 is 2.57 bits per heavy atom. The minimum absolute atomic E-state index is 0.137. The first-order valence-electron chi connectivity index (χ1n) is 7.41. The zero-order chi connectivity index (χ0) is 15.0. The molecule has 2 aliphatic rings. The Morgan fingerprint density at radius 2 is 1.90 bits per heavy atom. The van der Waals surface area contributed by atoms with Gasteiger partial charge in [0.1, 0.15) is 4.90 Å². The molecule has 0 amide bonds. The Hall–Kier alpha value is -1.40. The van der Waals surface area contributed by atoms with Gasteiger partial charge in [-0.15, -0.1) is 0 Å². The van der Waals surface area contributed by atoms with E-state index in [4.69, 9.17) is 0 Å². The molecule has 114 valence electrons. The third-order valence-corrected chi connectivity index (χ3v) is 5.87. The molecule has 1 fully saturated rings. The highest BCUT2D eigenvalue weighted by Gasteiger charge is 2.34. The van der Waals surface area contributed by atoms with Crippen molar-refractivity contribution in [2.75, 3.05) is 5.32 Å². The lowest BCUT2D eigenvalue weighted by atomic mass is 9.87. The maximum Gasteiger partial charge on any atom is 0.244 e. The molecular weight excluding hydrogens is 288 g/mol. The van der Waals surface area contributed by atoms with Gasteiger partial charge in [-0.25, -0.2) is 8.42 Å². The van der Waals surface area contributed by atoms with Crippen LogP contribution in [0.25, 0.3) is 0 Å². The van der Waals surface area contributed by atoms with E-state index in [1.807, 2.05) is 0 Å². The molecule has 1 aromatic carbocycles. The summed E-state index contributed by atoms with van der Waals surface area (Å²) in [5.41, 5.74) is 1.01. The van der Waals surface area contributed by atoms with Crippen molar-refractivity contribution in [3.05, 3.63) is 23.8 Å². The summed E-state index contributed by atoms with van der Waals surface area (Å²) in [6.45, 7) is 1.43. The van der Waals surface area contributed by atoms with Crippen molar-refractivity contribution in [1.82, 2.24) is 4.72 Å². The van der Waals surface area contributed by atoms with Gasteiger partial charge in [-0.05, 0) is 43.9 Å². The summed E-state index contributed by atoms with van der Waals surface area (Å²) in [6, 6.07) is 4.82. The molecule has 0 aromatic heterocycles. The van der Waals surface area contributed by atoms with Gasteiger partial charge in [0, 0.05) is 5.56 Å². The lowest BCUT2D eigenvalue weighted by molar-refractivity contribution is 0.101. The number of hydrogen-bond donors (Lipinski definition) is 2. The van der Waals surface area contributed by atoms with Crippen LogP contribution in [-0.2, 0) is 10.0 Å². The summed E-state index contributed by atoms with van der Waals surface area (Å²) in [7, 11) is -3.56. The minimum atomic E-state index is -3.56. The van der Waals surface area contributed by atoms with E-state index in [0.717, 1.165) is 25.7 Å². The number of nitrogens with one attached hydrogen (secondary N) is 2. The molecule has 6 heteroatoms. The number of benzene rings is 1. The van der Waals surface area contributed by atoms with Crippen LogP contribution in [0.1, 0.15) is 49.4 Å². The molecule has 1 heterocycles. The molecule has 5 nitrogen and oxygen atoms in total. The van der Waals surface area contributed by atoms with Crippen LogP contribution in [-0.4, -0.2) is 20.4 Å². The van der Waals surface area contributed by atoms with Gasteiger partial charge >= 0.3 is 0 Å². The standard InChI is InChI=1S/C15H20N2O3S/c1-10(18)12-7-8-13-14(9-12)21(19,20)17-15(16-13)11-5-3-2-4-6-11/h7-9,11,15-17H,2-6H2,1H3. The number of hydrogen-bond acceptors (Lipinski definition) is 4. The molecule has 3 rings (SSSR count). The van der Waals surface area contributed by atoms with Gasteiger partial charge in [0.05, 0.1) is 11.9 Å². The van der Waals surface area contributed by atoms with Gasteiger partial charge in [-0.2, -0.15) is 4.72 Å². The molecule has 0 spiro atoms. The molecule has 0 radical (unpaired) electrons. The second kappa shape index (κ2) is 5.42. The number of fused-ring (bicyclic) bond motifs is 1. The quantitative estimate of drug-likeness (QED) is 0.823. The van der Waals surface area contributed by atoms with E-state index in [2.05, 4.69) is 10.0 Å². The van der Waals surface area contributed by atoms with Crippen LogP contribution in [0.3, 0.4) is 0 Å². The van der Waals surface area contributed by atoms with Gasteiger partial charge in [-0.3, -0.25) is 4.79 Å². The first kappa shape index (κ1) is 14.5. The summed E-state index contributed by atoms with van der Waals surface area (Å²) in [4.78, 5) is 11.6. The SMILES string of the molecule is CC(=O)c1ccc2c(c1)S(=O)(=O)NC(C1CCCCC1)N2. The maximum absolute atomic E-state index is 12.4. The topological polar surface area (TPSA) is 75.3 Å². The fourth-order valence-electron chi connectivity index (χ4n) is 3.19. The normalized spacial score (nSPS) is 24.9. The highest BCUT2D eigenvalue weighted by Crippen LogP contribution is 2.33. The Bertz CT molecular complexity index is 663. The van der Waals surface area contributed by atoms with E-state index in [0.29, 0.717) is 17.2 Å². The van der Waals surface area contributed by atoms with Crippen molar-refractivity contribution in [3.63, 3.8) is 0 Å². The highest BCUT2D eigenvalue weighted by molar-refractivity contribution is 7.89. The summed E-state index contributed by atoms with van der Waals surface area (Å²) < 4.78 is 27.6. The molecular formula is C15H20N2O3S. The van der Waals surface area contributed by atoms with Crippen molar-refractivity contribution >= 4 is 21.5 Å². The third kappa shape index (κ3) is 2.82. The Labute approximate surface area is 125 Å². The zero-order valence-electron chi connectivity index (χ0n) is 12.1. The highest BCUT2D eigenvalue weighted by atomic mass is 32.2. The summed E-state index contributed by atoms with van der Waals surface area (Å²) in [6.07, 6.45) is 5.38. The zero-order valence-corrected chi connectivity index (χ0v) is 12.9. The smallest absolute Gasteiger partial charge is 0.244 e. The van der Waals surface area contributed by atoms with Crippen molar-refractivity contribution in [3.8, 4) is 0 Å². The van der Waals surface area contributed by atoms with Crippen LogP contribution in [0.5, 0.6) is 0 Å². The first-order chi connectivity index (χ1) is 9.97. The van der Waals surface area contributed by atoms with E-state index in [-0.39, 0.29) is 16.8 Å². The van der Waals surface area contributed by atoms with Crippen LogP contribution in [0.4, 0.5) is 5.69 Å². The molecule has 2 N–H and O–H groups in total. The second-order valence-electron chi connectivity index (χ2n) is 5.91. The second-order valence-corrected chi connectivity index (χ2v) is 7.59. The van der Waals surface area contributed by atoms with E-state index >= 15 is 0 Å². The van der Waals surface area contributed by atoms with E-state index in [1.54, 1.807) is 12.1 Å². The molecule has 0 bridgehead atoms. The van der Waals surface area contributed by atoms with E-state index in [9.17, 15) is 13.2 Å². The van der Waals surface area contributed by atoms with Crippen molar-refractivity contribution < 1.29 is 13.2 Å². The van der Waals surface area contributed by atoms with Crippen LogP contribution in [0.2, 0.25) is 0 Å². The predicted molar refractivity (Wildman–Crippen MR) is 80.8 cm³/mol. The fourth-order valence-corrected chi connectivity index (χ4v) is 4.60. The van der Waals surface area contributed by atoms with Crippen molar-refractivity contribution in [2.45, 2.75) is 50.1 Å². The molecule has 1 aromatic rings. The van der Waals surface area contributed by atoms with Crippen molar-refractivity contribution in [2.24, 2.45) is 5.92 Å². The Morgan fingerprint density at radius 1 is 1.19 bits per heavy atom. The molecule has 1 saturated carbocycles. The number of sulfonamides is 1.